The summed E-state index contributed by atoms with van der Waals surface area (Å²) in [6, 6.07) is 0.259. The highest BCUT2D eigenvalue weighted by Gasteiger charge is 2.23. The molecule has 2 N–H and O–H groups in total. The molecule has 1 rings (SSSR count). The van der Waals surface area contributed by atoms with Crippen molar-refractivity contribution in [3.05, 3.63) is 0 Å². The molecular weight excluding hydrogens is 220 g/mol. The van der Waals surface area contributed by atoms with Crippen LogP contribution >= 0.6 is 0 Å². The summed E-state index contributed by atoms with van der Waals surface area (Å²) >= 11 is 0. The Morgan fingerprint density at radius 2 is 1.94 bits per heavy atom. The van der Waals surface area contributed by atoms with Gasteiger partial charge in [-0.05, 0) is 25.8 Å². The second kappa shape index (κ2) is 6.59. The number of nitrogens with one attached hydrogen (secondary N) is 1. The number of carbonyl (C=O) groups excluding carboxylic acids is 1. The van der Waals surface area contributed by atoms with Crippen LogP contribution in [-0.2, 0) is 9.59 Å². The summed E-state index contributed by atoms with van der Waals surface area (Å²) in [6.45, 7) is 2.20. The molecule has 17 heavy (non-hydrogen) atoms. The molecule has 1 aliphatic rings. The predicted octanol–water partition coefficient (Wildman–Crippen LogP) is 0.698. The zero-order valence-electron chi connectivity index (χ0n) is 10.6. The van der Waals surface area contributed by atoms with Crippen LogP contribution in [0.15, 0.2) is 0 Å². The van der Waals surface area contributed by atoms with Crippen molar-refractivity contribution in [3.8, 4) is 0 Å². The van der Waals surface area contributed by atoms with E-state index in [4.69, 9.17) is 5.11 Å². The lowest BCUT2D eigenvalue weighted by Gasteiger charge is -2.30. The fourth-order valence-corrected chi connectivity index (χ4v) is 2.32. The summed E-state index contributed by atoms with van der Waals surface area (Å²) in [7, 11) is 1.64. The van der Waals surface area contributed by atoms with Gasteiger partial charge in [-0.25, -0.2) is 0 Å². The van der Waals surface area contributed by atoms with Gasteiger partial charge in [0.05, 0.1) is 13.1 Å². The lowest BCUT2D eigenvalue weighted by molar-refractivity contribution is -0.138. The lowest BCUT2D eigenvalue weighted by atomic mass is 9.86. The van der Waals surface area contributed by atoms with Crippen LogP contribution in [-0.4, -0.2) is 48.1 Å². The standard InChI is InChI=1S/C12H22N2O3/c1-9-5-3-4-6-10(9)13-11(15)7-14(2)8-12(16)17/h9-10H,3-8H2,1-2H3,(H,13,15)(H,16,17)/t9-,10+/m1/s1. The number of amides is 1. The quantitative estimate of drug-likeness (QED) is 0.744. The van der Waals surface area contributed by atoms with Crippen molar-refractivity contribution >= 4 is 11.9 Å². The van der Waals surface area contributed by atoms with Crippen molar-refractivity contribution in [2.45, 2.75) is 38.6 Å². The van der Waals surface area contributed by atoms with Crippen molar-refractivity contribution in [1.82, 2.24) is 10.2 Å². The molecule has 0 radical (unpaired) electrons. The smallest absolute Gasteiger partial charge is 0.317 e. The molecule has 1 amide bonds. The van der Waals surface area contributed by atoms with E-state index in [0.717, 1.165) is 12.8 Å². The first kappa shape index (κ1) is 14.0. The molecule has 0 spiro atoms. The average Bonchev–Trinajstić information content (AvgIpc) is 2.19. The Balaban J connectivity index is 2.30. The molecule has 1 fully saturated rings. The van der Waals surface area contributed by atoms with Gasteiger partial charge in [-0.3, -0.25) is 14.5 Å². The number of rotatable bonds is 5. The van der Waals surface area contributed by atoms with Gasteiger partial charge >= 0.3 is 5.97 Å². The Kier molecular flexibility index (Phi) is 5.41. The molecule has 0 aromatic heterocycles. The van der Waals surface area contributed by atoms with Crippen molar-refractivity contribution in [2.75, 3.05) is 20.1 Å². The van der Waals surface area contributed by atoms with Crippen LogP contribution in [0.4, 0.5) is 0 Å². The molecule has 5 nitrogen and oxygen atoms in total. The van der Waals surface area contributed by atoms with E-state index in [0.29, 0.717) is 5.92 Å². The van der Waals surface area contributed by atoms with E-state index >= 15 is 0 Å². The van der Waals surface area contributed by atoms with Crippen molar-refractivity contribution in [1.29, 1.82) is 0 Å². The normalized spacial score (nSPS) is 24.6. The van der Waals surface area contributed by atoms with Crippen LogP contribution in [0.1, 0.15) is 32.6 Å². The molecule has 1 saturated carbocycles. The first-order valence-electron chi connectivity index (χ1n) is 6.18. The molecule has 5 heteroatoms. The molecule has 0 saturated heterocycles. The second-order valence-corrected chi connectivity index (χ2v) is 5.00. The van der Waals surface area contributed by atoms with Crippen molar-refractivity contribution < 1.29 is 14.7 Å². The van der Waals surface area contributed by atoms with Crippen LogP contribution in [0.2, 0.25) is 0 Å². The third kappa shape index (κ3) is 5.17. The number of carbonyl (C=O) groups is 2. The van der Waals surface area contributed by atoms with E-state index in [-0.39, 0.29) is 25.0 Å². The van der Waals surface area contributed by atoms with E-state index in [2.05, 4.69) is 12.2 Å². The summed E-state index contributed by atoms with van der Waals surface area (Å²) < 4.78 is 0. The fourth-order valence-electron chi connectivity index (χ4n) is 2.32. The minimum Gasteiger partial charge on any atom is -0.480 e. The SMILES string of the molecule is C[C@@H]1CCCC[C@@H]1NC(=O)CN(C)CC(=O)O. The Labute approximate surface area is 102 Å². The number of hydrogen-bond donors (Lipinski definition) is 2. The summed E-state index contributed by atoms with van der Waals surface area (Å²) in [5.41, 5.74) is 0. The highest BCUT2D eigenvalue weighted by Crippen LogP contribution is 2.23. The monoisotopic (exact) mass is 242 g/mol. The second-order valence-electron chi connectivity index (χ2n) is 5.00. The molecule has 0 unspecified atom stereocenters. The van der Waals surface area contributed by atoms with E-state index < -0.39 is 5.97 Å². The van der Waals surface area contributed by atoms with Crippen molar-refractivity contribution in [3.63, 3.8) is 0 Å². The minimum atomic E-state index is -0.911. The highest BCUT2D eigenvalue weighted by atomic mass is 16.4. The molecule has 0 aromatic rings. The van der Waals surface area contributed by atoms with Gasteiger partial charge in [-0.1, -0.05) is 19.8 Å². The Bertz CT molecular complexity index is 281. The van der Waals surface area contributed by atoms with Gasteiger partial charge in [-0.2, -0.15) is 0 Å². The van der Waals surface area contributed by atoms with Crippen LogP contribution < -0.4 is 5.32 Å². The molecule has 0 aliphatic heterocycles. The summed E-state index contributed by atoms with van der Waals surface area (Å²) in [4.78, 5) is 23.7. The zero-order valence-corrected chi connectivity index (χ0v) is 10.6. The Hall–Kier alpha value is -1.10. The van der Waals surface area contributed by atoms with E-state index in [1.54, 1.807) is 7.05 Å². The first-order valence-corrected chi connectivity index (χ1v) is 6.18. The van der Waals surface area contributed by atoms with Gasteiger partial charge in [-0.15, -0.1) is 0 Å². The third-order valence-electron chi connectivity index (χ3n) is 3.28. The zero-order chi connectivity index (χ0) is 12.8. The number of aliphatic carboxylic acids is 1. The lowest BCUT2D eigenvalue weighted by Crippen LogP contribution is -2.45. The maximum absolute atomic E-state index is 11.7. The fraction of sp³-hybridized carbons (Fsp3) is 0.833. The molecule has 98 valence electrons. The maximum atomic E-state index is 11.7. The summed E-state index contributed by atoms with van der Waals surface area (Å²) in [6.07, 6.45) is 4.61. The topological polar surface area (TPSA) is 69.6 Å². The molecule has 0 aromatic carbocycles. The van der Waals surface area contributed by atoms with Crippen molar-refractivity contribution in [2.24, 2.45) is 5.92 Å². The van der Waals surface area contributed by atoms with E-state index in [1.807, 2.05) is 0 Å². The van der Waals surface area contributed by atoms with Crippen LogP contribution in [0.5, 0.6) is 0 Å². The number of likely N-dealkylation sites (N-methyl/N-ethyl adjacent to an activating group) is 1. The summed E-state index contributed by atoms with van der Waals surface area (Å²) in [5.74, 6) is -0.462. The highest BCUT2D eigenvalue weighted by molar-refractivity contribution is 5.79. The molecule has 2 atom stereocenters. The predicted molar refractivity (Wildman–Crippen MR) is 64.7 cm³/mol. The van der Waals surface area contributed by atoms with E-state index in [1.165, 1.54) is 17.7 Å². The van der Waals surface area contributed by atoms with Crippen LogP contribution in [0.25, 0.3) is 0 Å². The molecule has 1 aliphatic carbocycles. The van der Waals surface area contributed by atoms with Gasteiger partial charge in [0.25, 0.3) is 0 Å². The van der Waals surface area contributed by atoms with Gasteiger partial charge in [0.1, 0.15) is 0 Å². The number of carboxylic acid groups (broad SMARTS) is 1. The van der Waals surface area contributed by atoms with Crippen LogP contribution in [0.3, 0.4) is 0 Å². The number of carboxylic acids is 1. The van der Waals surface area contributed by atoms with Gasteiger partial charge in [0.2, 0.25) is 5.91 Å². The molecule has 0 bridgehead atoms. The largest absolute Gasteiger partial charge is 0.480 e. The van der Waals surface area contributed by atoms with Crippen LogP contribution in [0, 0.1) is 5.92 Å². The van der Waals surface area contributed by atoms with Gasteiger partial charge < -0.3 is 10.4 Å². The minimum absolute atomic E-state index is 0.0764. The first-order chi connectivity index (χ1) is 7.99. The molecule has 0 heterocycles. The average molecular weight is 242 g/mol. The number of nitrogens with zero attached hydrogens (tertiary/aromatic N) is 1. The number of hydrogen-bond acceptors (Lipinski definition) is 3. The van der Waals surface area contributed by atoms with E-state index in [9.17, 15) is 9.59 Å². The maximum Gasteiger partial charge on any atom is 0.317 e. The third-order valence-corrected chi connectivity index (χ3v) is 3.28. The van der Waals surface area contributed by atoms with Gasteiger partial charge in [0, 0.05) is 6.04 Å². The Morgan fingerprint density at radius 3 is 2.53 bits per heavy atom. The van der Waals surface area contributed by atoms with Gasteiger partial charge in [0.15, 0.2) is 0 Å². The Morgan fingerprint density at radius 1 is 1.29 bits per heavy atom. The molecular formula is C12H22N2O3. The summed E-state index contributed by atoms with van der Waals surface area (Å²) in [5, 5.41) is 11.6.